The maximum atomic E-state index is 5.60. The Hall–Kier alpha value is -2.21. The van der Waals surface area contributed by atoms with Crippen molar-refractivity contribution in [1.29, 1.82) is 0 Å². The Morgan fingerprint density at radius 2 is 2.05 bits per heavy atom. The fourth-order valence-corrected chi connectivity index (χ4v) is 1.68. The van der Waals surface area contributed by atoms with Crippen LogP contribution in [0.15, 0.2) is 42.6 Å². The summed E-state index contributed by atoms with van der Waals surface area (Å²) in [6.07, 6.45) is 1.56. The van der Waals surface area contributed by atoms with Gasteiger partial charge in [-0.2, -0.15) is 5.10 Å². The molecule has 5 nitrogen and oxygen atoms in total. The van der Waals surface area contributed by atoms with Crippen LogP contribution in [0.25, 0.3) is 0 Å². The molecule has 2 rings (SSSR count). The smallest absolute Gasteiger partial charge is 0.159 e. The first kappa shape index (κ1) is 13.2. The van der Waals surface area contributed by atoms with Crippen molar-refractivity contribution in [2.45, 2.75) is 0 Å². The molecule has 98 valence electrons. The molecule has 19 heavy (non-hydrogen) atoms. The minimum Gasteiger partial charge on any atom is -0.492 e. The first-order valence-corrected chi connectivity index (χ1v) is 6.21. The predicted molar refractivity (Wildman–Crippen MR) is 78.3 cm³/mol. The monoisotopic (exact) mass is 274 g/mol. The molecule has 0 spiro atoms. The summed E-state index contributed by atoms with van der Waals surface area (Å²) in [7, 11) is 0. The van der Waals surface area contributed by atoms with Crippen molar-refractivity contribution in [2.75, 3.05) is 18.5 Å². The van der Waals surface area contributed by atoms with Crippen LogP contribution in [0.2, 0.25) is 0 Å². The molecule has 0 aliphatic heterocycles. The number of ether oxygens (including phenoxy) is 1. The molecule has 0 amide bonds. The topological polar surface area (TPSA) is 73.1 Å². The van der Waals surface area contributed by atoms with Crippen LogP contribution in [-0.2, 0) is 0 Å². The van der Waals surface area contributed by atoms with E-state index >= 15 is 0 Å². The highest BCUT2D eigenvalue weighted by atomic mass is 32.1. The predicted octanol–water partition coefficient (Wildman–Crippen LogP) is 1.60. The molecule has 6 heteroatoms. The molecule has 0 bridgehead atoms. The number of nitrogens with one attached hydrogen (secondary N) is 1. The van der Waals surface area contributed by atoms with Crippen molar-refractivity contribution in [2.24, 2.45) is 5.73 Å². The summed E-state index contributed by atoms with van der Waals surface area (Å²) in [6, 6.07) is 11.3. The summed E-state index contributed by atoms with van der Waals surface area (Å²) in [5.74, 6) is 1.41. The second kappa shape index (κ2) is 6.65. The molecule has 0 saturated heterocycles. The van der Waals surface area contributed by atoms with Gasteiger partial charge in [-0.1, -0.05) is 30.4 Å². The van der Waals surface area contributed by atoms with Crippen molar-refractivity contribution >= 4 is 23.0 Å². The van der Waals surface area contributed by atoms with E-state index in [4.69, 9.17) is 22.7 Å². The highest BCUT2D eigenvalue weighted by Gasteiger charge is 2.05. The lowest BCUT2D eigenvalue weighted by atomic mass is 10.3. The van der Waals surface area contributed by atoms with Gasteiger partial charge in [0.1, 0.15) is 17.3 Å². The number of nitrogens with zero attached hydrogens (tertiary/aromatic N) is 2. The average molecular weight is 274 g/mol. The molecule has 0 saturated carbocycles. The highest BCUT2D eigenvalue weighted by molar-refractivity contribution is 7.80. The number of rotatable bonds is 6. The van der Waals surface area contributed by atoms with Gasteiger partial charge in [-0.15, -0.1) is 5.10 Å². The minimum atomic E-state index is 0.293. The first-order valence-electron chi connectivity index (χ1n) is 5.80. The van der Waals surface area contributed by atoms with Gasteiger partial charge in [0.05, 0.1) is 18.3 Å². The molecule has 1 aromatic heterocycles. The van der Waals surface area contributed by atoms with Gasteiger partial charge in [-0.25, -0.2) is 0 Å². The van der Waals surface area contributed by atoms with Crippen LogP contribution >= 0.6 is 12.2 Å². The molecular formula is C13H14N4OS. The largest absolute Gasteiger partial charge is 0.492 e. The molecular weight excluding hydrogens is 260 g/mol. The van der Waals surface area contributed by atoms with Crippen LogP contribution in [0.5, 0.6) is 5.75 Å². The molecule has 0 unspecified atom stereocenters. The van der Waals surface area contributed by atoms with E-state index in [0.717, 1.165) is 5.75 Å². The number of para-hydroxylation sites is 1. The van der Waals surface area contributed by atoms with Gasteiger partial charge < -0.3 is 15.8 Å². The summed E-state index contributed by atoms with van der Waals surface area (Å²) in [5.41, 5.74) is 6.29. The standard InChI is InChI=1S/C13H14N4OS/c14-12(19)11-6-7-16-17-13(11)15-8-9-18-10-4-2-1-3-5-10/h1-7H,8-9H2,(H2,14,19)(H,15,17). The number of nitrogens with two attached hydrogens (primary N) is 1. The van der Waals surface area contributed by atoms with E-state index in [1.54, 1.807) is 12.3 Å². The lowest BCUT2D eigenvalue weighted by molar-refractivity contribution is 0.332. The van der Waals surface area contributed by atoms with E-state index in [1.165, 1.54) is 0 Å². The Morgan fingerprint density at radius 1 is 1.26 bits per heavy atom. The van der Waals surface area contributed by atoms with Crippen LogP contribution in [0, 0.1) is 0 Å². The first-order chi connectivity index (χ1) is 9.27. The quantitative estimate of drug-likeness (QED) is 0.616. The Balaban J connectivity index is 1.85. The third kappa shape index (κ3) is 3.89. The van der Waals surface area contributed by atoms with Crippen molar-refractivity contribution in [3.8, 4) is 5.75 Å². The molecule has 2 aromatic rings. The SMILES string of the molecule is NC(=S)c1ccnnc1NCCOc1ccccc1. The lowest BCUT2D eigenvalue weighted by Gasteiger charge is -2.10. The molecule has 0 fully saturated rings. The van der Waals surface area contributed by atoms with E-state index in [1.807, 2.05) is 30.3 Å². The number of hydrogen-bond acceptors (Lipinski definition) is 5. The zero-order valence-electron chi connectivity index (χ0n) is 10.2. The molecule has 1 heterocycles. The molecule has 0 aliphatic carbocycles. The van der Waals surface area contributed by atoms with E-state index in [2.05, 4.69) is 15.5 Å². The second-order valence-electron chi connectivity index (χ2n) is 3.75. The summed E-state index contributed by atoms with van der Waals surface area (Å²) >= 11 is 4.94. The third-order valence-electron chi connectivity index (χ3n) is 2.39. The molecule has 0 atom stereocenters. The average Bonchev–Trinajstić information content (AvgIpc) is 2.45. The zero-order valence-corrected chi connectivity index (χ0v) is 11.1. The Morgan fingerprint density at radius 3 is 2.79 bits per heavy atom. The minimum absolute atomic E-state index is 0.293. The Kier molecular flexibility index (Phi) is 4.63. The van der Waals surface area contributed by atoms with Gasteiger partial charge in [0.15, 0.2) is 5.82 Å². The highest BCUT2D eigenvalue weighted by Crippen LogP contribution is 2.10. The number of hydrogen-bond donors (Lipinski definition) is 2. The summed E-state index contributed by atoms with van der Waals surface area (Å²) in [4.78, 5) is 0.293. The number of thiocarbonyl (C=S) groups is 1. The van der Waals surface area contributed by atoms with Crippen LogP contribution in [-0.4, -0.2) is 28.3 Å². The van der Waals surface area contributed by atoms with E-state index in [0.29, 0.717) is 29.5 Å². The molecule has 1 aromatic carbocycles. The van der Waals surface area contributed by atoms with Gasteiger partial charge in [-0.3, -0.25) is 0 Å². The molecule has 0 aliphatic rings. The van der Waals surface area contributed by atoms with E-state index in [-0.39, 0.29) is 0 Å². The lowest BCUT2D eigenvalue weighted by Crippen LogP contribution is -2.18. The van der Waals surface area contributed by atoms with Gasteiger partial charge in [0, 0.05) is 0 Å². The van der Waals surface area contributed by atoms with Crippen LogP contribution < -0.4 is 15.8 Å². The van der Waals surface area contributed by atoms with Crippen LogP contribution in [0.4, 0.5) is 5.82 Å². The normalized spacial score (nSPS) is 9.89. The maximum absolute atomic E-state index is 5.60. The maximum Gasteiger partial charge on any atom is 0.159 e. The van der Waals surface area contributed by atoms with Gasteiger partial charge in [0.25, 0.3) is 0 Å². The summed E-state index contributed by atoms with van der Waals surface area (Å²) in [5, 5.41) is 10.9. The number of anilines is 1. The number of aromatic nitrogens is 2. The van der Waals surface area contributed by atoms with Crippen LogP contribution in [0.1, 0.15) is 5.56 Å². The Bertz CT molecular complexity index is 547. The summed E-state index contributed by atoms with van der Waals surface area (Å²) < 4.78 is 5.55. The molecule has 3 N–H and O–H groups in total. The van der Waals surface area contributed by atoms with Crippen molar-refractivity contribution in [1.82, 2.24) is 10.2 Å². The zero-order chi connectivity index (χ0) is 13.5. The Labute approximate surface area is 116 Å². The van der Waals surface area contributed by atoms with E-state index < -0.39 is 0 Å². The van der Waals surface area contributed by atoms with Gasteiger partial charge in [0.2, 0.25) is 0 Å². The molecule has 0 radical (unpaired) electrons. The number of benzene rings is 1. The second-order valence-corrected chi connectivity index (χ2v) is 4.19. The fraction of sp³-hybridized carbons (Fsp3) is 0.154. The van der Waals surface area contributed by atoms with Crippen molar-refractivity contribution in [3.63, 3.8) is 0 Å². The van der Waals surface area contributed by atoms with Crippen molar-refractivity contribution in [3.05, 3.63) is 48.2 Å². The van der Waals surface area contributed by atoms with Gasteiger partial charge >= 0.3 is 0 Å². The van der Waals surface area contributed by atoms with E-state index in [9.17, 15) is 0 Å². The third-order valence-corrected chi connectivity index (χ3v) is 2.61. The van der Waals surface area contributed by atoms with Gasteiger partial charge in [-0.05, 0) is 18.2 Å². The van der Waals surface area contributed by atoms with Crippen LogP contribution in [0.3, 0.4) is 0 Å². The fourth-order valence-electron chi connectivity index (χ4n) is 1.52. The summed E-state index contributed by atoms with van der Waals surface area (Å²) in [6.45, 7) is 1.10. The van der Waals surface area contributed by atoms with Crippen molar-refractivity contribution < 1.29 is 4.74 Å².